The lowest BCUT2D eigenvalue weighted by molar-refractivity contribution is 0.249. The van der Waals surface area contributed by atoms with Crippen molar-refractivity contribution >= 4 is 28.2 Å². The smallest absolute Gasteiger partial charge is 0.0737 e. The number of rotatable bonds is 10. The summed E-state index contributed by atoms with van der Waals surface area (Å²) in [4.78, 5) is 10.2. The number of halogens is 1. The van der Waals surface area contributed by atoms with Gasteiger partial charge in [-0.2, -0.15) is 0 Å². The number of H-pyrrole nitrogens is 1. The van der Waals surface area contributed by atoms with E-state index in [-0.39, 0.29) is 0 Å². The number of aromatic nitrogens is 2. The van der Waals surface area contributed by atoms with E-state index >= 15 is 0 Å². The van der Waals surface area contributed by atoms with E-state index in [0.29, 0.717) is 5.02 Å². The number of anilines is 1. The lowest BCUT2D eigenvalue weighted by atomic mass is 10.1. The number of unbranched alkanes of at least 4 members (excludes halogenated alkanes) is 1. The molecule has 5 heteroatoms. The summed E-state index contributed by atoms with van der Waals surface area (Å²) in [6.07, 6.45) is 6.06. The molecule has 2 aromatic heterocycles. The maximum Gasteiger partial charge on any atom is 0.0737 e. The molecule has 2 N–H and O–H groups in total. The number of hydrogen-bond donors (Lipinski definition) is 2. The summed E-state index contributed by atoms with van der Waals surface area (Å²) in [7, 11) is 0. The van der Waals surface area contributed by atoms with Crippen molar-refractivity contribution in [1.82, 2.24) is 14.9 Å². The van der Waals surface area contributed by atoms with Gasteiger partial charge in [0.05, 0.1) is 5.52 Å². The first-order valence-electron chi connectivity index (χ1n) is 10.4. The molecular weight excluding hydrogens is 392 g/mol. The molecule has 2 aromatic carbocycles. The predicted octanol–water partition coefficient (Wildman–Crippen LogP) is 6.11. The molecule has 0 unspecified atom stereocenters. The van der Waals surface area contributed by atoms with Gasteiger partial charge < -0.3 is 10.3 Å². The van der Waals surface area contributed by atoms with Crippen LogP contribution in [0.2, 0.25) is 5.02 Å². The summed E-state index contributed by atoms with van der Waals surface area (Å²) in [5, 5.41) is 5.39. The SMILES string of the molecule is Clc1ccc2c(NCCCCN(Cc3ccccc3)Cc3ccc[nH]3)ccnc2c1. The van der Waals surface area contributed by atoms with Gasteiger partial charge >= 0.3 is 0 Å². The monoisotopic (exact) mass is 418 g/mol. The largest absolute Gasteiger partial charge is 0.384 e. The molecule has 0 radical (unpaired) electrons. The van der Waals surface area contributed by atoms with E-state index < -0.39 is 0 Å². The molecule has 0 spiro atoms. The zero-order valence-corrected chi connectivity index (χ0v) is 17.8. The number of pyridine rings is 1. The quantitative estimate of drug-likeness (QED) is 0.305. The van der Waals surface area contributed by atoms with Crippen LogP contribution in [0.5, 0.6) is 0 Å². The van der Waals surface area contributed by atoms with Crippen molar-refractivity contribution in [3.8, 4) is 0 Å². The summed E-state index contributed by atoms with van der Waals surface area (Å²) >= 11 is 6.09. The van der Waals surface area contributed by atoms with E-state index in [2.05, 4.69) is 62.6 Å². The first-order valence-corrected chi connectivity index (χ1v) is 10.8. The second-order valence-electron chi connectivity index (χ2n) is 7.55. The summed E-state index contributed by atoms with van der Waals surface area (Å²) in [6, 6.07) is 22.8. The van der Waals surface area contributed by atoms with Crippen LogP contribution in [0.15, 0.2) is 79.1 Å². The van der Waals surface area contributed by atoms with Gasteiger partial charge in [0.15, 0.2) is 0 Å². The Balaban J connectivity index is 1.30. The highest BCUT2D eigenvalue weighted by Crippen LogP contribution is 2.24. The van der Waals surface area contributed by atoms with Crippen LogP contribution in [-0.2, 0) is 13.1 Å². The second-order valence-corrected chi connectivity index (χ2v) is 7.98. The topological polar surface area (TPSA) is 44.0 Å². The zero-order valence-electron chi connectivity index (χ0n) is 17.0. The third kappa shape index (κ3) is 5.62. The minimum atomic E-state index is 0.715. The van der Waals surface area contributed by atoms with Crippen molar-refractivity contribution in [2.24, 2.45) is 0 Å². The van der Waals surface area contributed by atoms with Crippen molar-refractivity contribution < 1.29 is 0 Å². The minimum absolute atomic E-state index is 0.715. The maximum absolute atomic E-state index is 6.09. The lowest BCUT2D eigenvalue weighted by Gasteiger charge is -2.22. The average molecular weight is 419 g/mol. The molecule has 0 saturated heterocycles. The van der Waals surface area contributed by atoms with Gasteiger partial charge in [-0.15, -0.1) is 0 Å². The standard InChI is InChI=1S/C25H27ClN4/c26-21-10-11-23-24(12-15-29-25(23)17-21)28-13-4-5-16-30(19-22-9-6-14-27-22)18-20-7-2-1-3-8-20/h1-3,6-12,14-15,17,27H,4-5,13,16,18-19H2,(H,28,29). The van der Waals surface area contributed by atoms with Crippen LogP contribution in [-0.4, -0.2) is 28.0 Å². The van der Waals surface area contributed by atoms with Gasteiger partial charge in [-0.25, -0.2) is 0 Å². The van der Waals surface area contributed by atoms with Crippen molar-refractivity contribution in [3.63, 3.8) is 0 Å². The fraction of sp³-hybridized carbons (Fsp3) is 0.240. The van der Waals surface area contributed by atoms with Crippen LogP contribution in [0.25, 0.3) is 10.9 Å². The highest BCUT2D eigenvalue weighted by molar-refractivity contribution is 6.31. The average Bonchev–Trinajstić information content (AvgIpc) is 3.27. The highest BCUT2D eigenvalue weighted by atomic mass is 35.5. The van der Waals surface area contributed by atoms with Crippen LogP contribution in [0.1, 0.15) is 24.1 Å². The molecule has 0 amide bonds. The number of nitrogens with one attached hydrogen (secondary N) is 2. The first-order chi connectivity index (χ1) is 14.8. The Labute approximate surface area is 182 Å². The molecule has 0 aliphatic carbocycles. The Kier molecular flexibility index (Phi) is 7.01. The summed E-state index contributed by atoms with van der Waals surface area (Å²) < 4.78 is 0. The number of fused-ring (bicyclic) bond motifs is 1. The van der Waals surface area contributed by atoms with Crippen molar-refractivity contribution in [3.05, 3.63) is 95.4 Å². The van der Waals surface area contributed by atoms with Crippen LogP contribution < -0.4 is 5.32 Å². The molecule has 0 aliphatic rings. The molecule has 4 aromatic rings. The normalized spacial score (nSPS) is 11.3. The van der Waals surface area contributed by atoms with E-state index in [0.717, 1.165) is 55.6 Å². The number of nitrogens with zero attached hydrogens (tertiary/aromatic N) is 2. The molecule has 4 rings (SSSR count). The maximum atomic E-state index is 6.09. The molecule has 30 heavy (non-hydrogen) atoms. The number of aromatic amines is 1. The molecule has 0 aliphatic heterocycles. The Morgan fingerprint density at radius 1 is 0.933 bits per heavy atom. The van der Waals surface area contributed by atoms with E-state index in [1.807, 2.05) is 36.7 Å². The zero-order chi connectivity index (χ0) is 20.6. The van der Waals surface area contributed by atoms with Crippen molar-refractivity contribution in [2.45, 2.75) is 25.9 Å². The van der Waals surface area contributed by atoms with Gasteiger partial charge in [0.25, 0.3) is 0 Å². The summed E-state index contributed by atoms with van der Waals surface area (Å²) in [5.74, 6) is 0. The Morgan fingerprint density at radius 2 is 1.83 bits per heavy atom. The fourth-order valence-electron chi connectivity index (χ4n) is 3.72. The van der Waals surface area contributed by atoms with Gasteiger partial charge in [0.1, 0.15) is 0 Å². The van der Waals surface area contributed by atoms with Gasteiger partial charge in [0, 0.05) is 53.8 Å². The third-order valence-corrected chi connectivity index (χ3v) is 5.46. The Bertz CT molecular complexity index is 1050. The van der Waals surface area contributed by atoms with Gasteiger partial charge in [0.2, 0.25) is 0 Å². The van der Waals surface area contributed by atoms with Gasteiger partial charge in [-0.3, -0.25) is 9.88 Å². The molecule has 0 bridgehead atoms. The highest BCUT2D eigenvalue weighted by Gasteiger charge is 2.08. The molecular formula is C25H27ClN4. The van der Waals surface area contributed by atoms with Crippen LogP contribution in [0, 0.1) is 0 Å². The molecule has 2 heterocycles. The number of benzene rings is 2. The van der Waals surface area contributed by atoms with Crippen LogP contribution in [0.3, 0.4) is 0 Å². The molecule has 0 saturated carbocycles. The molecule has 0 atom stereocenters. The molecule has 4 nitrogen and oxygen atoms in total. The predicted molar refractivity (Wildman–Crippen MR) is 126 cm³/mol. The minimum Gasteiger partial charge on any atom is -0.384 e. The van der Waals surface area contributed by atoms with E-state index in [1.54, 1.807) is 0 Å². The second kappa shape index (κ2) is 10.3. The van der Waals surface area contributed by atoms with Gasteiger partial charge in [-0.05, 0) is 61.3 Å². The molecule has 154 valence electrons. The lowest BCUT2D eigenvalue weighted by Crippen LogP contribution is -2.24. The van der Waals surface area contributed by atoms with E-state index in [4.69, 9.17) is 11.6 Å². The third-order valence-electron chi connectivity index (χ3n) is 5.23. The Hall–Kier alpha value is -2.82. The summed E-state index contributed by atoms with van der Waals surface area (Å²) in [6.45, 7) is 3.89. The van der Waals surface area contributed by atoms with E-state index in [9.17, 15) is 0 Å². The Morgan fingerprint density at radius 3 is 2.67 bits per heavy atom. The molecule has 0 fully saturated rings. The van der Waals surface area contributed by atoms with Crippen LogP contribution >= 0.6 is 11.6 Å². The van der Waals surface area contributed by atoms with Crippen molar-refractivity contribution in [1.29, 1.82) is 0 Å². The number of hydrogen-bond acceptors (Lipinski definition) is 3. The van der Waals surface area contributed by atoms with Crippen LogP contribution in [0.4, 0.5) is 5.69 Å². The summed E-state index contributed by atoms with van der Waals surface area (Å²) in [5.41, 5.74) is 4.65. The van der Waals surface area contributed by atoms with E-state index in [1.165, 1.54) is 11.3 Å². The van der Waals surface area contributed by atoms with Crippen molar-refractivity contribution in [2.75, 3.05) is 18.4 Å². The van der Waals surface area contributed by atoms with Gasteiger partial charge in [-0.1, -0.05) is 41.9 Å². The fourth-order valence-corrected chi connectivity index (χ4v) is 3.89. The first kappa shape index (κ1) is 20.5.